The molecule has 1 aromatic rings. The molecule has 0 fully saturated rings. The van der Waals surface area contributed by atoms with E-state index in [4.69, 9.17) is 5.26 Å². The molecule has 1 N–H and O–H groups in total. The quantitative estimate of drug-likeness (QED) is 0.402. The van der Waals surface area contributed by atoms with Crippen LogP contribution in [0, 0.1) is 17.8 Å². The second-order valence-corrected chi connectivity index (χ2v) is 1.15. The van der Waals surface area contributed by atoms with Gasteiger partial charge in [-0.05, 0) is 0 Å². The number of aromatic nitrogens is 3. The van der Waals surface area contributed by atoms with Gasteiger partial charge in [-0.3, -0.25) is 5.32 Å². The molecule has 9 heavy (non-hydrogen) atoms. The summed E-state index contributed by atoms with van der Waals surface area (Å²) in [7, 11) is 0. The van der Waals surface area contributed by atoms with Crippen molar-refractivity contribution in [3.05, 3.63) is 12.7 Å². The average Bonchev–Trinajstić information content (AvgIpc) is 1.91. The molecule has 43 valence electrons. The Kier molecular flexibility index (Phi) is 1.55. The first-order chi connectivity index (χ1) is 4.43. The van der Waals surface area contributed by atoms with E-state index < -0.39 is 0 Å². The Hall–Kier alpha value is -1.70. The van der Waals surface area contributed by atoms with Crippen molar-refractivity contribution in [2.45, 2.75) is 0 Å². The topological polar surface area (TPSA) is 74.5 Å². The summed E-state index contributed by atoms with van der Waals surface area (Å²) in [5.74, 6) is 0.215. The predicted molar refractivity (Wildman–Crippen MR) is 27.9 cm³/mol. The lowest BCUT2D eigenvalue weighted by molar-refractivity contribution is 1.04. The third kappa shape index (κ3) is 1.35. The van der Waals surface area contributed by atoms with Crippen molar-refractivity contribution in [2.24, 2.45) is 0 Å². The van der Waals surface area contributed by atoms with Crippen LogP contribution < -0.4 is 5.32 Å². The lowest BCUT2D eigenvalue weighted by Crippen LogP contribution is -1.94. The molecule has 0 aliphatic heterocycles. The number of nitriles is 1. The maximum absolute atomic E-state index is 8.04. The molecule has 1 heterocycles. The maximum atomic E-state index is 8.04. The number of anilines is 1. The van der Waals surface area contributed by atoms with E-state index >= 15 is 0 Å². The van der Waals surface area contributed by atoms with Crippen molar-refractivity contribution in [2.75, 3.05) is 5.32 Å². The first-order valence-corrected chi connectivity index (χ1v) is 2.13. The highest BCUT2D eigenvalue weighted by molar-refractivity contribution is 5.26. The lowest BCUT2D eigenvalue weighted by Gasteiger charge is -1.87. The van der Waals surface area contributed by atoms with Gasteiger partial charge in [0.25, 0.3) is 0 Å². The molecule has 0 saturated heterocycles. The van der Waals surface area contributed by atoms with Crippen molar-refractivity contribution in [3.8, 4) is 6.19 Å². The third-order valence-corrected chi connectivity index (χ3v) is 0.619. The highest BCUT2D eigenvalue weighted by Crippen LogP contribution is 1.86. The van der Waals surface area contributed by atoms with Crippen molar-refractivity contribution in [1.82, 2.24) is 15.0 Å². The first-order valence-electron chi connectivity index (χ1n) is 2.13. The molecular formula is C4H2N5. The summed E-state index contributed by atoms with van der Waals surface area (Å²) in [5, 5.41) is 10.3. The highest BCUT2D eigenvalue weighted by Gasteiger charge is 1.87. The van der Waals surface area contributed by atoms with Gasteiger partial charge in [0.15, 0.2) is 6.19 Å². The molecule has 0 unspecified atom stereocenters. The van der Waals surface area contributed by atoms with Crippen LogP contribution in [0.4, 0.5) is 5.95 Å². The van der Waals surface area contributed by atoms with Crippen LogP contribution in [0.15, 0.2) is 6.33 Å². The van der Waals surface area contributed by atoms with Crippen LogP contribution in [0.1, 0.15) is 0 Å². The summed E-state index contributed by atoms with van der Waals surface area (Å²) in [5.41, 5.74) is 0. The van der Waals surface area contributed by atoms with Crippen LogP contribution in [0.2, 0.25) is 0 Å². The minimum Gasteiger partial charge on any atom is -0.261 e. The monoisotopic (exact) mass is 120 g/mol. The Morgan fingerprint density at radius 2 is 2.67 bits per heavy atom. The Bertz CT molecular complexity index is 212. The fourth-order valence-electron chi connectivity index (χ4n) is 0.325. The van der Waals surface area contributed by atoms with Crippen LogP contribution >= 0.6 is 0 Å². The van der Waals surface area contributed by atoms with E-state index in [-0.39, 0.29) is 5.95 Å². The van der Waals surface area contributed by atoms with Crippen LogP contribution in [-0.2, 0) is 0 Å². The minimum absolute atomic E-state index is 0.215. The van der Waals surface area contributed by atoms with Gasteiger partial charge in [-0.1, -0.05) is 0 Å². The van der Waals surface area contributed by atoms with Gasteiger partial charge in [0.2, 0.25) is 12.3 Å². The molecule has 0 saturated carbocycles. The standard InChI is InChI=1S/C4H2N5/c5-1-7-4-8-2-6-3-9-4/h2H,(H,6,7,8,9). The molecular weight excluding hydrogens is 118 g/mol. The second-order valence-electron chi connectivity index (χ2n) is 1.15. The highest BCUT2D eigenvalue weighted by atomic mass is 15.1. The number of hydrogen-bond acceptors (Lipinski definition) is 5. The van der Waals surface area contributed by atoms with Crippen LogP contribution in [-0.4, -0.2) is 15.0 Å². The van der Waals surface area contributed by atoms with E-state index in [2.05, 4.69) is 26.6 Å². The largest absolute Gasteiger partial charge is 0.261 e. The predicted octanol–water partition coefficient (Wildman–Crippen LogP) is -0.435. The van der Waals surface area contributed by atoms with Gasteiger partial charge < -0.3 is 0 Å². The first kappa shape index (κ1) is 5.44. The molecule has 0 amide bonds. The molecule has 0 bridgehead atoms. The molecule has 1 radical (unpaired) electrons. The molecule has 0 aliphatic carbocycles. The van der Waals surface area contributed by atoms with Crippen LogP contribution in [0.25, 0.3) is 0 Å². The van der Waals surface area contributed by atoms with E-state index in [1.54, 1.807) is 6.19 Å². The normalized spacial score (nSPS) is 7.89. The second kappa shape index (κ2) is 2.57. The SMILES string of the molecule is N#CNc1n[c]ncn1. The molecule has 1 aromatic heterocycles. The van der Waals surface area contributed by atoms with E-state index in [0.717, 1.165) is 0 Å². The number of nitrogens with zero attached hydrogens (tertiary/aromatic N) is 4. The minimum atomic E-state index is 0.215. The zero-order valence-electron chi connectivity index (χ0n) is 4.37. The van der Waals surface area contributed by atoms with Crippen LogP contribution in [0.5, 0.6) is 0 Å². The third-order valence-electron chi connectivity index (χ3n) is 0.619. The Morgan fingerprint density at radius 3 is 3.22 bits per heavy atom. The molecule has 0 aliphatic rings. The Morgan fingerprint density at radius 1 is 1.78 bits per heavy atom. The molecule has 5 nitrogen and oxygen atoms in total. The summed E-state index contributed by atoms with van der Waals surface area (Å²) in [4.78, 5) is 10.5. The van der Waals surface area contributed by atoms with Crippen LogP contribution in [0.3, 0.4) is 0 Å². The van der Waals surface area contributed by atoms with Crippen molar-refractivity contribution >= 4 is 5.95 Å². The summed E-state index contributed by atoms with van der Waals surface area (Å²) >= 11 is 0. The average molecular weight is 120 g/mol. The summed E-state index contributed by atoms with van der Waals surface area (Å²) < 4.78 is 0. The van der Waals surface area contributed by atoms with Gasteiger partial charge in [-0.15, -0.1) is 0 Å². The van der Waals surface area contributed by atoms with Gasteiger partial charge in [-0.2, -0.15) is 10.2 Å². The van der Waals surface area contributed by atoms with Gasteiger partial charge in [0.05, 0.1) is 0 Å². The number of rotatable bonds is 1. The van der Waals surface area contributed by atoms with Crippen molar-refractivity contribution < 1.29 is 0 Å². The smallest absolute Gasteiger partial charge is 0.239 e. The van der Waals surface area contributed by atoms with E-state index in [0.29, 0.717) is 0 Å². The molecule has 0 spiro atoms. The van der Waals surface area contributed by atoms with Gasteiger partial charge >= 0.3 is 0 Å². The fraction of sp³-hybridized carbons (Fsp3) is 0. The Balaban J connectivity index is 2.76. The maximum Gasteiger partial charge on any atom is 0.239 e. The number of hydrogen-bond donors (Lipinski definition) is 1. The zero-order valence-corrected chi connectivity index (χ0v) is 4.37. The zero-order chi connectivity index (χ0) is 6.53. The molecule has 1 rings (SSSR count). The van der Waals surface area contributed by atoms with E-state index in [1.807, 2.05) is 0 Å². The number of nitrogens with one attached hydrogen (secondary N) is 1. The van der Waals surface area contributed by atoms with Crippen molar-refractivity contribution in [3.63, 3.8) is 0 Å². The van der Waals surface area contributed by atoms with Crippen molar-refractivity contribution in [1.29, 1.82) is 5.26 Å². The van der Waals surface area contributed by atoms with E-state index in [1.165, 1.54) is 6.33 Å². The lowest BCUT2D eigenvalue weighted by atomic mass is 10.9. The van der Waals surface area contributed by atoms with E-state index in [9.17, 15) is 0 Å². The molecule has 5 heteroatoms. The Labute approximate surface area is 51.4 Å². The molecule has 0 atom stereocenters. The van der Waals surface area contributed by atoms with Gasteiger partial charge in [0.1, 0.15) is 6.33 Å². The molecule has 0 aromatic carbocycles. The summed E-state index contributed by atoms with van der Waals surface area (Å²) in [6.07, 6.45) is 5.19. The fourth-order valence-corrected chi connectivity index (χ4v) is 0.325. The van der Waals surface area contributed by atoms with Gasteiger partial charge in [0, 0.05) is 0 Å². The summed E-state index contributed by atoms with van der Waals surface area (Å²) in [6, 6.07) is 0. The van der Waals surface area contributed by atoms with Gasteiger partial charge in [-0.25, -0.2) is 9.97 Å². The summed E-state index contributed by atoms with van der Waals surface area (Å²) in [6.45, 7) is 0.